The lowest BCUT2D eigenvalue weighted by atomic mass is 10.1. The first-order chi connectivity index (χ1) is 15.0. The van der Waals surface area contributed by atoms with Crippen LogP contribution in [0.4, 0.5) is 4.39 Å². The van der Waals surface area contributed by atoms with Crippen molar-refractivity contribution in [2.45, 2.75) is 19.9 Å². The van der Waals surface area contributed by atoms with E-state index in [2.05, 4.69) is 4.90 Å². The maximum atomic E-state index is 13.9. The highest BCUT2D eigenvalue weighted by Gasteiger charge is 2.24. The third kappa shape index (κ3) is 5.60. The van der Waals surface area contributed by atoms with E-state index >= 15 is 0 Å². The molecule has 31 heavy (non-hydrogen) atoms. The number of hydrogen-bond acceptors (Lipinski definition) is 5. The van der Waals surface area contributed by atoms with Gasteiger partial charge in [-0.15, -0.1) is 0 Å². The highest BCUT2D eigenvalue weighted by molar-refractivity contribution is 6.32. The fourth-order valence-corrected chi connectivity index (χ4v) is 3.81. The lowest BCUT2D eigenvalue weighted by molar-refractivity contribution is 0.0628. The van der Waals surface area contributed by atoms with Gasteiger partial charge in [-0.2, -0.15) is 0 Å². The second-order valence-corrected chi connectivity index (χ2v) is 7.78. The average Bonchev–Trinajstić information content (AvgIpc) is 2.78. The number of carbonyl (C=O) groups excluding carboxylic acids is 1. The van der Waals surface area contributed by atoms with Crippen LogP contribution in [0.1, 0.15) is 29.3 Å². The van der Waals surface area contributed by atoms with Crippen molar-refractivity contribution in [2.75, 3.05) is 47.0 Å². The summed E-state index contributed by atoms with van der Waals surface area (Å²) < 4.78 is 29.9. The Balaban J connectivity index is 1.62. The second kappa shape index (κ2) is 10.7. The lowest BCUT2D eigenvalue weighted by Crippen LogP contribution is -2.48. The van der Waals surface area contributed by atoms with Gasteiger partial charge in [0.15, 0.2) is 23.1 Å². The van der Waals surface area contributed by atoms with Gasteiger partial charge < -0.3 is 19.1 Å². The summed E-state index contributed by atoms with van der Waals surface area (Å²) >= 11 is 6.36. The Kier molecular flexibility index (Phi) is 7.98. The van der Waals surface area contributed by atoms with Crippen molar-refractivity contribution in [3.05, 3.63) is 52.3 Å². The quantitative estimate of drug-likeness (QED) is 0.602. The van der Waals surface area contributed by atoms with E-state index in [1.54, 1.807) is 23.1 Å². The molecule has 0 N–H and O–H groups in total. The molecule has 1 amide bonds. The van der Waals surface area contributed by atoms with E-state index in [4.69, 9.17) is 25.8 Å². The van der Waals surface area contributed by atoms with Crippen LogP contribution in [0.25, 0.3) is 0 Å². The molecule has 0 spiro atoms. The predicted molar refractivity (Wildman–Crippen MR) is 118 cm³/mol. The largest absolute Gasteiger partial charge is 0.494 e. The minimum atomic E-state index is -0.369. The van der Waals surface area contributed by atoms with Gasteiger partial charge in [0.2, 0.25) is 0 Å². The van der Waals surface area contributed by atoms with E-state index in [9.17, 15) is 9.18 Å². The van der Waals surface area contributed by atoms with E-state index in [0.29, 0.717) is 61.4 Å². The van der Waals surface area contributed by atoms with Gasteiger partial charge in [-0.05, 0) is 36.2 Å². The van der Waals surface area contributed by atoms with Crippen molar-refractivity contribution in [3.8, 4) is 17.2 Å². The van der Waals surface area contributed by atoms with Gasteiger partial charge in [-0.3, -0.25) is 9.69 Å². The molecule has 1 saturated heterocycles. The Labute approximate surface area is 187 Å². The second-order valence-electron chi connectivity index (χ2n) is 7.38. The Morgan fingerprint density at radius 2 is 1.77 bits per heavy atom. The molecule has 1 heterocycles. The molecular weight excluding hydrogens is 423 g/mol. The Morgan fingerprint density at radius 3 is 2.39 bits per heavy atom. The summed E-state index contributed by atoms with van der Waals surface area (Å²) in [6.45, 7) is 5.68. The third-order valence-electron chi connectivity index (χ3n) is 5.21. The minimum absolute atomic E-state index is 0.0996. The summed E-state index contributed by atoms with van der Waals surface area (Å²) in [5.41, 5.74) is 1.34. The highest BCUT2D eigenvalue weighted by atomic mass is 35.5. The molecule has 0 aromatic heterocycles. The van der Waals surface area contributed by atoms with Crippen molar-refractivity contribution in [1.82, 2.24) is 9.80 Å². The number of nitrogens with zero attached hydrogens (tertiary/aromatic N) is 2. The van der Waals surface area contributed by atoms with Crippen molar-refractivity contribution in [2.24, 2.45) is 0 Å². The molecule has 0 atom stereocenters. The van der Waals surface area contributed by atoms with Crippen molar-refractivity contribution < 1.29 is 23.4 Å². The SMILES string of the molecule is CCCOc1c(Cl)cc(C(=O)N2CCN(Cc3ccc(OC)c(F)c3)CC2)cc1OC. The molecule has 168 valence electrons. The maximum Gasteiger partial charge on any atom is 0.254 e. The van der Waals surface area contributed by atoms with Crippen LogP contribution in [-0.4, -0.2) is 62.7 Å². The molecule has 1 aliphatic rings. The van der Waals surface area contributed by atoms with Crippen LogP contribution in [0.15, 0.2) is 30.3 Å². The summed E-state index contributed by atoms with van der Waals surface area (Å²) in [6.07, 6.45) is 0.841. The average molecular weight is 451 g/mol. The third-order valence-corrected chi connectivity index (χ3v) is 5.49. The van der Waals surface area contributed by atoms with E-state index in [1.165, 1.54) is 20.3 Å². The van der Waals surface area contributed by atoms with Gasteiger partial charge in [0.25, 0.3) is 5.91 Å². The van der Waals surface area contributed by atoms with E-state index in [1.807, 2.05) is 13.0 Å². The smallest absolute Gasteiger partial charge is 0.254 e. The Morgan fingerprint density at radius 1 is 1.06 bits per heavy atom. The van der Waals surface area contributed by atoms with Crippen LogP contribution in [0.2, 0.25) is 5.02 Å². The molecule has 6 nitrogen and oxygen atoms in total. The number of piperazine rings is 1. The van der Waals surface area contributed by atoms with E-state index < -0.39 is 0 Å². The van der Waals surface area contributed by atoms with Gasteiger partial charge in [0, 0.05) is 38.3 Å². The number of rotatable bonds is 8. The minimum Gasteiger partial charge on any atom is -0.494 e. The lowest BCUT2D eigenvalue weighted by Gasteiger charge is -2.35. The predicted octanol–water partition coefficient (Wildman–Crippen LogP) is 4.24. The molecule has 0 aliphatic carbocycles. The molecule has 2 aromatic rings. The van der Waals surface area contributed by atoms with Crippen LogP contribution in [0.3, 0.4) is 0 Å². The van der Waals surface area contributed by atoms with Crippen molar-refractivity contribution in [1.29, 1.82) is 0 Å². The molecule has 0 unspecified atom stereocenters. The summed E-state index contributed by atoms with van der Waals surface area (Å²) in [6, 6.07) is 8.29. The summed E-state index contributed by atoms with van der Waals surface area (Å²) in [7, 11) is 2.97. The van der Waals surface area contributed by atoms with E-state index in [0.717, 1.165) is 12.0 Å². The molecule has 2 aromatic carbocycles. The molecule has 0 bridgehead atoms. The van der Waals surface area contributed by atoms with E-state index in [-0.39, 0.29) is 17.5 Å². The molecule has 3 rings (SSSR count). The van der Waals surface area contributed by atoms with Gasteiger partial charge in [0.05, 0.1) is 25.8 Å². The zero-order chi connectivity index (χ0) is 22.4. The van der Waals surface area contributed by atoms with Crippen LogP contribution in [0.5, 0.6) is 17.2 Å². The summed E-state index contributed by atoms with van der Waals surface area (Å²) in [4.78, 5) is 17.0. The van der Waals surface area contributed by atoms with Crippen molar-refractivity contribution in [3.63, 3.8) is 0 Å². The monoisotopic (exact) mass is 450 g/mol. The van der Waals surface area contributed by atoms with Crippen molar-refractivity contribution >= 4 is 17.5 Å². The van der Waals surface area contributed by atoms with Gasteiger partial charge in [0.1, 0.15) is 0 Å². The number of benzene rings is 2. The number of methoxy groups -OCH3 is 2. The summed E-state index contributed by atoms with van der Waals surface area (Å²) in [5, 5.41) is 0.358. The molecule has 8 heteroatoms. The number of amides is 1. The standard InChI is InChI=1S/C23H28ClFN2O4/c1-4-11-31-22-18(24)13-17(14-21(22)30-3)23(28)27-9-7-26(8-10-27)15-16-5-6-20(29-2)19(25)12-16/h5-6,12-14H,4,7-11,15H2,1-3H3. The number of hydrogen-bond donors (Lipinski definition) is 0. The highest BCUT2D eigenvalue weighted by Crippen LogP contribution is 2.37. The number of carbonyl (C=O) groups is 1. The van der Waals surface area contributed by atoms with Crippen LogP contribution in [-0.2, 0) is 6.54 Å². The zero-order valence-corrected chi connectivity index (χ0v) is 18.9. The number of ether oxygens (including phenoxy) is 3. The van der Waals surface area contributed by atoms with Crippen LogP contribution in [0, 0.1) is 5.82 Å². The molecule has 1 fully saturated rings. The van der Waals surface area contributed by atoms with Gasteiger partial charge in [-0.25, -0.2) is 4.39 Å². The Bertz CT molecular complexity index is 917. The first kappa shape index (κ1) is 23.2. The van der Waals surface area contributed by atoms with Gasteiger partial charge in [-0.1, -0.05) is 24.6 Å². The topological polar surface area (TPSA) is 51.2 Å². The normalized spacial score (nSPS) is 14.4. The fraction of sp³-hybridized carbons (Fsp3) is 0.435. The first-order valence-electron chi connectivity index (χ1n) is 10.3. The molecule has 0 radical (unpaired) electrons. The fourth-order valence-electron chi connectivity index (χ4n) is 3.55. The Hall–Kier alpha value is -2.51. The molecule has 0 saturated carbocycles. The first-order valence-corrected chi connectivity index (χ1v) is 10.7. The molecular formula is C23H28ClFN2O4. The maximum absolute atomic E-state index is 13.9. The summed E-state index contributed by atoms with van der Waals surface area (Å²) in [5.74, 6) is 0.673. The zero-order valence-electron chi connectivity index (χ0n) is 18.1. The molecule has 1 aliphatic heterocycles. The van der Waals surface area contributed by atoms with Gasteiger partial charge >= 0.3 is 0 Å². The number of halogens is 2. The van der Waals surface area contributed by atoms with Crippen LogP contribution >= 0.6 is 11.6 Å². The van der Waals surface area contributed by atoms with Crippen LogP contribution < -0.4 is 14.2 Å².